The lowest BCUT2D eigenvalue weighted by atomic mass is 9.95. The maximum atomic E-state index is 9.22. The molecule has 0 spiro atoms. The molecule has 1 fully saturated rings. The summed E-state index contributed by atoms with van der Waals surface area (Å²) in [6, 6.07) is 13.4. The van der Waals surface area contributed by atoms with Crippen molar-refractivity contribution in [3.63, 3.8) is 0 Å². The molecule has 0 aromatic heterocycles. The maximum Gasteiger partial charge on any atom is 0.119 e. The molecule has 2 aliphatic rings. The summed E-state index contributed by atoms with van der Waals surface area (Å²) >= 11 is 0. The first-order valence-corrected chi connectivity index (χ1v) is 9.37. The van der Waals surface area contributed by atoms with Crippen molar-refractivity contribution in [2.45, 2.75) is 18.9 Å². The number of aliphatic hydroxyl groups is 1. The lowest BCUT2D eigenvalue weighted by Crippen LogP contribution is -2.33. The molecule has 2 aromatic rings. The molecular weight excluding hydrogens is 324 g/mol. The number of anilines is 1. The van der Waals surface area contributed by atoms with Gasteiger partial charge in [-0.15, -0.1) is 0 Å². The van der Waals surface area contributed by atoms with Crippen LogP contribution in [0.2, 0.25) is 0 Å². The van der Waals surface area contributed by atoms with Crippen LogP contribution in [0.4, 0.5) is 5.69 Å². The molecule has 0 bridgehead atoms. The average molecular weight is 350 g/mol. The van der Waals surface area contributed by atoms with Crippen LogP contribution in [0, 0.1) is 0 Å². The summed E-state index contributed by atoms with van der Waals surface area (Å²) in [6.07, 6.45) is 6.07. The summed E-state index contributed by atoms with van der Waals surface area (Å²) < 4.78 is 5.41. The van der Waals surface area contributed by atoms with E-state index in [0.717, 1.165) is 37.4 Å². The monoisotopic (exact) mass is 350 g/mol. The first-order chi connectivity index (χ1) is 12.8. The van der Waals surface area contributed by atoms with E-state index in [-0.39, 0.29) is 6.61 Å². The Kier molecular flexibility index (Phi) is 4.96. The lowest BCUT2D eigenvalue weighted by Gasteiger charge is -2.27. The van der Waals surface area contributed by atoms with Gasteiger partial charge in [0, 0.05) is 30.4 Å². The number of nitrogens with zero attached hydrogens (tertiary/aromatic N) is 1. The molecule has 0 saturated carbocycles. The standard InChI is InChI=1S/C22H26N2O2/c1-26-19-7-8-20(16(15-19)5-3-13-25)21-6-2-4-17-14-18-9-10-23-11-12-24(18)22(17)21/h2-8,15,18,23,25H,9-14H2,1H3/b5-3+. The third-order valence-corrected chi connectivity index (χ3v) is 5.44. The highest BCUT2D eigenvalue weighted by molar-refractivity contribution is 5.88. The molecule has 2 heterocycles. The van der Waals surface area contributed by atoms with E-state index in [1.807, 2.05) is 18.2 Å². The molecule has 1 saturated heterocycles. The van der Waals surface area contributed by atoms with Crippen LogP contribution < -0.4 is 15.0 Å². The summed E-state index contributed by atoms with van der Waals surface area (Å²) in [5.41, 5.74) is 6.35. The van der Waals surface area contributed by atoms with Gasteiger partial charge in [-0.1, -0.05) is 36.4 Å². The van der Waals surface area contributed by atoms with Gasteiger partial charge < -0.3 is 20.1 Å². The Morgan fingerprint density at radius 3 is 3.00 bits per heavy atom. The Morgan fingerprint density at radius 2 is 2.15 bits per heavy atom. The molecule has 2 aliphatic heterocycles. The number of hydrogen-bond donors (Lipinski definition) is 2. The van der Waals surface area contributed by atoms with E-state index >= 15 is 0 Å². The summed E-state index contributed by atoms with van der Waals surface area (Å²) in [6.45, 7) is 3.21. The fraction of sp³-hybridized carbons (Fsp3) is 0.364. The van der Waals surface area contributed by atoms with Gasteiger partial charge in [-0.3, -0.25) is 0 Å². The predicted octanol–water partition coefficient (Wildman–Crippen LogP) is 3.09. The molecule has 1 atom stereocenters. The minimum absolute atomic E-state index is 0.0312. The highest BCUT2D eigenvalue weighted by atomic mass is 16.5. The summed E-state index contributed by atoms with van der Waals surface area (Å²) in [7, 11) is 1.68. The Labute approximate surface area is 155 Å². The zero-order valence-corrected chi connectivity index (χ0v) is 15.2. The van der Waals surface area contributed by atoms with Gasteiger partial charge in [0.1, 0.15) is 5.75 Å². The molecule has 2 N–H and O–H groups in total. The molecule has 0 amide bonds. The summed E-state index contributed by atoms with van der Waals surface area (Å²) in [5, 5.41) is 12.7. The molecular formula is C22H26N2O2. The van der Waals surface area contributed by atoms with Gasteiger partial charge in [0.2, 0.25) is 0 Å². The van der Waals surface area contributed by atoms with Crippen LogP contribution in [0.5, 0.6) is 5.75 Å². The number of ether oxygens (including phenoxy) is 1. The topological polar surface area (TPSA) is 44.7 Å². The number of benzene rings is 2. The van der Waals surface area contributed by atoms with E-state index in [1.165, 1.54) is 28.8 Å². The largest absolute Gasteiger partial charge is 0.497 e. The third kappa shape index (κ3) is 3.11. The normalized spacial score (nSPS) is 19.3. The molecule has 4 rings (SSSR count). The van der Waals surface area contributed by atoms with Crippen LogP contribution in [0.25, 0.3) is 17.2 Å². The van der Waals surface area contributed by atoms with E-state index in [4.69, 9.17) is 4.74 Å². The van der Waals surface area contributed by atoms with E-state index in [1.54, 1.807) is 13.2 Å². The van der Waals surface area contributed by atoms with Crippen LogP contribution in [-0.2, 0) is 6.42 Å². The maximum absolute atomic E-state index is 9.22. The number of rotatable bonds is 4. The van der Waals surface area contributed by atoms with Crippen molar-refractivity contribution >= 4 is 11.8 Å². The molecule has 136 valence electrons. The minimum Gasteiger partial charge on any atom is -0.497 e. The zero-order valence-electron chi connectivity index (χ0n) is 15.2. The zero-order chi connectivity index (χ0) is 17.9. The van der Waals surface area contributed by atoms with Crippen LogP contribution in [-0.4, -0.2) is 44.5 Å². The Bertz CT molecular complexity index is 816. The second-order valence-corrected chi connectivity index (χ2v) is 6.94. The Balaban J connectivity index is 1.83. The van der Waals surface area contributed by atoms with E-state index in [0.29, 0.717) is 6.04 Å². The van der Waals surface area contributed by atoms with Gasteiger partial charge in [0.05, 0.1) is 13.7 Å². The van der Waals surface area contributed by atoms with Crippen molar-refractivity contribution in [2.24, 2.45) is 0 Å². The van der Waals surface area contributed by atoms with Gasteiger partial charge in [0.25, 0.3) is 0 Å². The molecule has 4 nitrogen and oxygen atoms in total. The van der Waals surface area contributed by atoms with Gasteiger partial charge in [-0.25, -0.2) is 0 Å². The molecule has 0 radical (unpaired) electrons. The number of nitrogens with one attached hydrogen (secondary N) is 1. The number of hydrogen-bond acceptors (Lipinski definition) is 4. The molecule has 1 unspecified atom stereocenters. The van der Waals surface area contributed by atoms with Crippen molar-refractivity contribution < 1.29 is 9.84 Å². The first-order valence-electron chi connectivity index (χ1n) is 9.37. The fourth-order valence-electron chi connectivity index (χ4n) is 4.24. The van der Waals surface area contributed by atoms with Gasteiger partial charge >= 0.3 is 0 Å². The van der Waals surface area contributed by atoms with Crippen LogP contribution >= 0.6 is 0 Å². The minimum atomic E-state index is 0.0312. The third-order valence-electron chi connectivity index (χ3n) is 5.44. The second kappa shape index (κ2) is 7.52. The number of para-hydroxylation sites is 1. The molecule has 0 aliphatic carbocycles. The van der Waals surface area contributed by atoms with Crippen molar-refractivity contribution in [3.05, 3.63) is 53.6 Å². The highest BCUT2D eigenvalue weighted by Gasteiger charge is 2.32. The highest BCUT2D eigenvalue weighted by Crippen LogP contribution is 2.43. The Hall–Kier alpha value is -2.30. The summed E-state index contributed by atoms with van der Waals surface area (Å²) in [5.74, 6) is 0.829. The van der Waals surface area contributed by atoms with E-state index in [9.17, 15) is 5.11 Å². The van der Waals surface area contributed by atoms with Crippen LogP contribution in [0.1, 0.15) is 17.5 Å². The van der Waals surface area contributed by atoms with Crippen molar-refractivity contribution in [1.82, 2.24) is 5.32 Å². The molecule has 4 heteroatoms. The van der Waals surface area contributed by atoms with Gasteiger partial charge in [-0.2, -0.15) is 0 Å². The fourth-order valence-corrected chi connectivity index (χ4v) is 4.24. The molecule has 2 aromatic carbocycles. The lowest BCUT2D eigenvalue weighted by molar-refractivity contribution is 0.343. The number of fused-ring (bicyclic) bond motifs is 3. The van der Waals surface area contributed by atoms with E-state index < -0.39 is 0 Å². The van der Waals surface area contributed by atoms with Crippen LogP contribution in [0.15, 0.2) is 42.5 Å². The van der Waals surface area contributed by atoms with Crippen molar-refractivity contribution in [2.75, 3.05) is 38.3 Å². The second-order valence-electron chi connectivity index (χ2n) is 6.94. The smallest absolute Gasteiger partial charge is 0.119 e. The van der Waals surface area contributed by atoms with Gasteiger partial charge in [0.15, 0.2) is 0 Å². The summed E-state index contributed by atoms with van der Waals surface area (Å²) in [4.78, 5) is 2.59. The van der Waals surface area contributed by atoms with E-state index in [2.05, 4.69) is 34.5 Å². The Morgan fingerprint density at radius 1 is 1.23 bits per heavy atom. The quantitative estimate of drug-likeness (QED) is 0.889. The SMILES string of the molecule is COc1ccc(-c2cccc3c2N2CCNCCC2C3)c(/C=C/CO)c1. The van der Waals surface area contributed by atoms with Gasteiger partial charge in [-0.05, 0) is 48.2 Å². The first kappa shape index (κ1) is 17.1. The van der Waals surface area contributed by atoms with Crippen molar-refractivity contribution in [1.29, 1.82) is 0 Å². The molecule has 26 heavy (non-hydrogen) atoms. The predicted molar refractivity (Wildman–Crippen MR) is 107 cm³/mol. The number of aliphatic hydroxyl groups excluding tert-OH is 1. The average Bonchev–Trinajstić information content (AvgIpc) is 2.87. The van der Waals surface area contributed by atoms with Crippen LogP contribution in [0.3, 0.4) is 0 Å². The number of methoxy groups -OCH3 is 1. The van der Waals surface area contributed by atoms with Crippen molar-refractivity contribution in [3.8, 4) is 16.9 Å².